The summed E-state index contributed by atoms with van der Waals surface area (Å²) in [6.45, 7) is 1.85. The van der Waals surface area contributed by atoms with Gasteiger partial charge in [-0.1, -0.05) is 30.3 Å². The van der Waals surface area contributed by atoms with Gasteiger partial charge in [0.1, 0.15) is 0 Å². The first-order chi connectivity index (χ1) is 8.63. The Morgan fingerprint density at radius 1 is 1.17 bits per heavy atom. The number of benzene rings is 2. The van der Waals surface area contributed by atoms with Crippen molar-refractivity contribution in [2.75, 3.05) is 7.11 Å². The predicted octanol–water partition coefficient (Wildman–Crippen LogP) is 2.94. The Hall–Kier alpha value is -2.29. The molecule has 2 aromatic rings. The zero-order chi connectivity index (χ0) is 13.1. The first-order valence-corrected chi connectivity index (χ1v) is 5.61. The molecule has 3 heteroatoms. The lowest BCUT2D eigenvalue weighted by Gasteiger charge is -2.09. The van der Waals surface area contributed by atoms with Crippen molar-refractivity contribution in [3.05, 3.63) is 59.2 Å². The Bertz CT molecular complexity index is 574. The molecule has 0 saturated carbocycles. The maximum Gasteiger partial charge on any atom is 0.196 e. The van der Waals surface area contributed by atoms with Crippen molar-refractivity contribution in [2.24, 2.45) is 0 Å². The number of carbonyl (C=O) groups excluding carboxylic acids is 1. The molecule has 1 N–H and O–H groups in total. The monoisotopic (exact) mass is 242 g/mol. The summed E-state index contributed by atoms with van der Waals surface area (Å²) in [4.78, 5) is 12.3. The molecule has 2 rings (SSSR count). The number of methoxy groups -OCH3 is 1. The van der Waals surface area contributed by atoms with Crippen LogP contribution >= 0.6 is 0 Å². The van der Waals surface area contributed by atoms with E-state index in [1.165, 1.54) is 7.11 Å². The van der Waals surface area contributed by atoms with Crippen LogP contribution in [0.3, 0.4) is 0 Å². The number of carbonyl (C=O) groups is 1. The molecule has 3 nitrogen and oxygen atoms in total. The van der Waals surface area contributed by atoms with Crippen LogP contribution < -0.4 is 4.74 Å². The first kappa shape index (κ1) is 12.2. The molecular formula is C15H14O3. The Morgan fingerprint density at radius 3 is 2.44 bits per heavy atom. The van der Waals surface area contributed by atoms with Crippen LogP contribution in [0.4, 0.5) is 0 Å². The van der Waals surface area contributed by atoms with E-state index in [9.17, 15) is 9.90 Å². The average molecular weight is 242 g/mol. The van der Waals surface area contributed by atoms with Gasteiger partial charge < -0.3 is 9.84 Å². The molecule has 0 heterocycles. The van der Waals surface area contributed by atoms with Gasteiger partial charge in [0.2, 0.25) is 0 Å². The second-order valence-corrected chi connectivity index (χ2v) is 4.06. The fourth-order valence-corrected chi connectivity index (χ4v) is 1.82. The first-order valence-electron chi connectivity index (χ1n) is 5.61. The Labute approximate surface area is 106 Å². The third kappa shape index (κ3) is 2.20. The van der Waals surface area contributed by atoms with E-state index in [2.05, 4.69) is 0 Å². The van der Waals surface area contributed by atoms with Gasteiger partial charge in [-0.25, -0.2) is 0 Å². The minimum absolute atomic E-state index is 0.114. The van der Waals surface area contributed by atoms with E-state index >= 15 is 0 Å². The molecule has 0 aliphatic heterocycles. The largest absolute Gasteiger partial charge is 0.504 e. The fraction of sp³-hybridized carbons (Fsp3) is 0.133. The fourth-order valence-electron chi connectivity index (χ4n) is 1.82. The highest BCUT2D eigenvalue weighted by atomic mass is 16.5. The Morgan fingerprint density at radius 2 is 1.83 bits per heavy atom. The van der Waals surface area contributed by atoms with Gasteiger partial charge in [-0.15, -0.1) is 0 Å². The zero-order valence-electron chi connectivity index (χ0n) is 10.3. The highest BCUT2D eigenvalue weighted by Crippen LogP contribution is 2.32. The summed E-state index contributed by atoms with van der Waals surface area (Å²) in [5.41, 5.74) is 1.67. The van der Waals surface area contributed by atoms with Crippen LogP contribution in [-0.2, 0) is 0 Å². The minimum Gasteiger partial charge on any atom is -0.504 e. The number of phenolic OH excluding ortho intramolecular Hbond substituents is 1. The lowest BCUT2D eigenvalue weighted by Crippen LogP contribution is -2.03. The molecule has 0 spiro atoms. The highest BCUT2D eigenvalue weighted by molar-refractivity contribution is 6.11. The van der Waals surface area contributed by atoms with Crippen molar-refractivity contribution in [3.8, 4) is 11.5 Å². The second-order valence-electron chi connectivity index (χ2n) is 4.06. The van der Waals surface area contributed by atoms with Crippen LogP contribution in [0.1, 0.15) is 21.5 Å². The lowest BCUT2D eigenvalue weighted by atomic mass is 10.00. The van der Waals surface area contributed by atoms with E-state index < -0.39 is 0 Å². The third-order valence-corrected chi connectivity index (χ3v) is 2.72. The van der Waals surface area contributed by atoms with Crippen LogP contribution in [0.25, 0.3) is 0 Å². The van der Waals surface area contributed by atoms with Crippen molar-refractivity contribution in [1.29, 1.82) is 0 Å². The average Bonchev–Trinajstić information content (AvgIpc) is 2.41. The third-order valence-electron chi connectivity index (χ3n) is 2.72. The Balaban J connectivity index is 2.52. The molecule has 92 valence electrons. The van der Waals surface area contributed by atoms with E-state index in [4.69, 9.17) is 4.74 Å². The molecule has 0 radical (unpaired) electrons. The molecule has 0 saturated heterocycles. The van der Waals surface area contributed by atoms with Crippen molar-refractivity contribution in [2.45, 2.75) is 6.92 Å². The number of aromatic hydroxyl groups is 1. The number of ether oxygens (including phenoxy) is 1. The highest BCUT2D eigenvalue weighted by Gasteiger charge is 2.17. The van der Waals surface area contributed by atoms with Crippen LogP contribution in [0.2, 0.25) is 0 Å². The van der Waals surface area contributed by atoms with Gasteiger partial charge >= 0.3 is 0 Å². The summed E-state index contributed by atoms with van der Waals surface area (Å²) in [6.07, 6.45) is 0. The topological polar surface area (TPSA) is 46.5 Å². The molecule has 18 heavy (non-hydrogen) atoms. The van der Waals surface area contributed by atoms with Gasteiger partial charge in [-0.05, 0) is 24.6 Å². The lowest BCUT2D eigenvalue weighted by molar-refractivity contribution is 0.103. The minimum atomic E-state index is -0.213. The molecule has 0 fully saturated rings. The number of rotatable bonds is 3. The number of aryl methyl sites for hydroxylation is 1. The van der Waals surface area contributed by atoms with Crippen molar-refractivity contribution in [1.82, 2.24) is 0 Å². The molecule has 0 amide bonds. The second kappa shape index (κ2) is 4.92. The van der Waals surface area contributed by atoms with Crippen LogP contribution in [0, 0.1) is 6.92 Å². The molecule has 0 bridgehead atoms. The molecule has 0 aliphatic rings. The van der Waals surface area contributed by atoms with Gasteiger partial charge in [-0.2, -0.15) is 0 Å². The van der Waals surface area contributed by atoms with Gasteiger partial charge in [-0.3, -0.25) is 4.79 Å². The van der Waals surface area contributed by atoms with Gasteiger partial charge in [0.05, 0.1) is 12.7 Å². The van der Waals surface area contributed by atoms with E-state index in [0.29, 0.717) is 11.3 Å². The summed E-state index contributed by atoms with van der Waals surface area (Å²) in [7, 11) is 1.46. The molecular weight excluding hydrogens is 228 g/mol. The summed E-state index contributed by atoms with van der Waals surface area (Å²) >= 11 is 0. The summed E-state index contributed by atoms with van der Waals surface area (Å²) < 4.78 is 5.05. The number of phenols is 1. The molecule has 2 aromatic carbocycles. The standard InChI is InChI=1S/C15H14O3/c1-10-8-12(15(17)13(9-10)18-2)14(16)11-6-4-3-5-7-11/h3-9,17H,1-2H3. The van der Waals surface area contributed by atoms with Gasteiger partial charge in [0.25, 0.3) is 0 Å². The summed E-state index contributed by atoms with van der Waals surface area (Å²) in [5, 5.41) is 10.00. The maximum absolute atomic E-state index is 12.3. The molecule has 0 aliphatic carbocycles. The Kier molecular flexibility index (Phi) is 3.33. The van der Waals surface area contributed by atoms with Crippen LogP contribution in [0.15, 0.2) is 42.5 Å². The predicted molar refractivity (Wildman–Crippen MR) is 69.3 cm³/mol. The summed E-state index contributed by atoms with van der Waals surface area (Å²) in [5.74, 6) is -0.0127. The number of ketones is 1. The van der Waals surface area contributed by atoms with Crippen LogP contribution in [-0.4, -0.2) is 18.0 Å². The SMILES string of the molecule is COc1cc(C)cc(C(=O)c2ccccc2)c1O. The van der Waals surface area contributed by atoms with Crippen molar-refractivity contribution >= 4 is 5.78 Å². The smallest absolute Gasteiger partial charge is 0.196 e. The zero-order valence-corrected chi connectivity index (χ0v) is 10.3. The van der Waals surface area contributed by atoms with Gasteiger partial charge in [0.15, 0.2) is 17.3 Å². The quantitative estimate of drug-likeness (QED) is 0.842. The van der Waals surface area contributed by atoms with Crippen molar-refractivity contribution < 1.29 is 14.6 Å². The molecule has 0 unspecified atom stereocenters. The van der Waals surface area contributed by atoms with Crippen molar-refractivity contribution in [3.63, 3.8) is 0 Å². The van der Waals surface area contributed by atoms with Crippen LogP contribution in [0.5, 0.6) is 11.5 Å². The summed E-state index contributed by atoms with van der Waals surface area (Å²) in [6, 6.07) is 12.2. The van der Waals surface area contributed by atoms with E-state index in [1.807, 2.05) is 13.0 Å². The van der Waals surface area contributed by atoms with Gasteiger partial charge in [0, 0.05) is 5.56 Å². The van der Waals surface area contributed by atoms with E-state index in [1.54, 1.807) is 36.4 Å². The normalized spacial score (nSPS) is 10.1. The number of hydrogen-bond donors (Lipinski definition) is 1. The molecule has 0 atom stereocenters. The van der Waals surface area contributed by atoms with E-state index in [0.717, 1.165) is 5.56 Å². The molecule has 0 aromatic heterocycles. The number of hydrogen-bond acceptors (Lipinski definition) is 3. The maximum atomic E-state index is 12.3. The van der Waals surface area contributed by atoms with E-state index in [-0.39, 0.29) is 17.1 Å².